The summed E-state index contributed by atoms with van der Waals surface area (Å²) in [5.41, 5.74) is 0. The SMILES string of the molecule is COC(COC(C)C)CN1CCN(C)CC1. The Morgan fingerprint density at radius 1 is 1.12 bits per heavy atom. The smallest absolute Gasteiger partial charge is 0.0931 e. The van der Waals surface area contributed by atoms with Crippen molar-refractivity contribution in [2.24, 2.45) is 0 Å². The van der Waals surface area contributed by atoms with Gasteiger partial charge in [0.15, 0.2) is 0 Å². The third-order valence-electron chi connectivity index (χ3n) is 3.01. The second-order valence-corrected chi connectivity index (χ2v) is 4.84. The van der Waals surface area contributed by atoms with Crippen molar-refractivity contribution in [1.82, 2.24) is 9.80 Å². The number of rotatable bonds is 6. The number of ether oxygens (including phenoxy) is 2. The Kier molecular flexibility index (Phi) is 6.28. The highest BCUT2D eigenvalue weighted by atomic mass is 16.5. The molecular formula is C12H26N2O2. The minimum Gasteiger partial charge on any atom is -0.378 e. The Morgan fingerprint density at radius 2 is 1.75 bits per heavy atom. The Balaban J connectivity index is 2.21. The van der Waals surface area contributed by atoms with Crippen molar-refractivity contribution in [2.75, 3.05) is 53.5 Å². The maximum absolute atomic E-state index is 5.60. The molecule has 1 aliphatic rings. The van der Waals surface area contributed by atoms with Gasteiger partial charge in [-0.05, 0) is 20.9 Å². The van der Waals surface area contributed by atoms with Crippen molar-refractivity contribution < 1.29 is 9.47 Å². The van der Waals surface area contributed by atoms with Crippen LogP contribution in [0.5, 0.6) is 0 Å². The molecule has 1 unspecified atom stereocenters. The van der Waals surface area contributed by atoms with Crippen LogP contribution in [0.25, 0.3) is 0 Å². The summed E-state index contributed by atoms with van der Waals surface area (Å²) in [6.07, 6.45) is 0.482. The maximum Gasteiger partial charge on any atom is 0.0931 e. The van der Waals surface area contributed by atoms with E-state index in [1.165, 1.54) is 0 Å². The van der Waals surface area contributed by atoms with Crippen LogP contribution in [0.15, 0.2) is 0 Å². The zero-order valence-electron chi connectivity index (χ0n) is 11.1. The summed E-state index contributed by atoms with van der Waals surface area (Å²) >= 11 is 0. The average molecular weight is 230 g/mol. The lowest BCUT2D eigenvalue weighted by Crippen LogP contribution is -2.48. The van der Waals surface area contributed by atoms with E-state index in [4.69, 9.17) is 9.47 Å². The quantitative estimate of drug-likeness (QED) is 0.670. The minimum atomic E-state index is 0.200. The first-order valence-electron chi connectivity index (χ1n) is 6.17. The molecule has 96 valence electrons. The lowest BCUT2D eigenvalue weighted by molar-refractivity contribution is -0.0335. The highest BCUT2D eigenvalue weighted by Gasteiger charge is 2.18. The molecule has 0 saturated carbocycles. The van der Waals surface area contributed by atoms with Crippen molar-refractivity contribution in [3.05, 3.63) is 0 Å². The van der Waals surface area contributed by atoms with E-state index in [-0.39, 0.29) is 12.2 Å². The summed E-state index contributed by atoms with van der Waals surface area (Å²) in [6.45, 7) is 10.4. The summed E-state index contributed by atoms with van der Waals surface area (Å²) < 4.78 is 11.0. The summed E-state index contributed by atoms with van der Waals surface area (Å²) in [5.74, 6) is 0. The van der Waals surface area contributed by atoms with E-state index < -0.39 is 0 Å². The van der Waals surface area contributed by atoms with Crippen LogP contribution in [0.3, 0.4) is 0 Å². The summed E-state index contributed by atoms with van der Waals surface area (Å²) in [6, 6.07) is 0. The summed E-state index contributed by atoms with van der Waals surface area (Å²) in [7, 11) is 3.94. The van der Waals surface area contributed by atoms with Crippen molar-refractivity contribution in [3.63, 3.8) is 0 Å². The van der Waals surface area contributed by atoms with Gasteiger partial charge in [0.05, 0.1) is 18.8 Å². The predicted molar refractivity (Wildman–Crippen MR) is 65.8 cm³/mol. The minimum absolute atomic E-state index is 0.200. The molecule has 0 N–H and O–H groups in total. The topological polar surface area (TPSA) is 24.9 Å². The lowest BCUT2D eigenvalue weighted by Gasteiger charge is -2.34. The van der Waals surface area contributed by atoms with E-state index in [1.807, 2.05) is 0 Å². The zero-order valence-corrected chi connectivity index (χ0v) is 11.1. The van der Waals surface area contributed by atoms with Crippen LogP contribution in [0.4, 0.5) is 0 Å². The van der Waals surface area contributed by atoms with Crippen LogP contribution >= 0.6 is 0 Å². The molecule has 4 heteroatoms. The Bertz CT molecular complexity index is 180. The number of methoxy groups -OCH3 is 1. The highest BCUT2D eigenvalue weighted by Crippen LogP contribution is 2.03. The van der Waals surface area contributed by atoms with Crippen LogP contribution in [-0.4, -0.2) is 75.5 Å². The third-order valence-corrected chi connectivity index (χ3v) is 3.01. The molecule has 1 saturated heterocycles. The molecular weight excluding hydrogens is 204 g/mol. The van der Waals surface area contributed by atoms with Crippen LogP contribution in [0.1, 0.15) is 13.8 Å². The van der Waals surface area contributed by atoms with Gasteiger partial charge in [0.2, 0.25) is 0 Å². The number of hydrogen-bond acceptors (Lipinski definition) is 4. The first-order chi connectivity index (χ1) is 7.61. The molecule has 16 heavy (non-hydrogen) atoms. The van der Waals surface area contributed by atoms with E-state index in [0.717, 1.165) is 32.7 Å². The first kappa shape index (κ1) is 13.9. The Labute approximate surface area is 99.5 Å². The molecule has 0 aromatic heterocycles. The van der Waals surface area contributed by atoms with E-state index in [9.17, 15) is 0 Å². The fraction of sp³-hybridized carbons (Fsp3) is 1.00. The van der Waals surface area contributed by atoms with Gasteiger partial charge >= 0.3 is 0 Å². The van der Waals surface area contributed by atoms with Gasteiger partial charge in [0.25, 0.3) is 0 Å². The van der Waals surface area contributed by atoms with Crippen molar-refractivity contribution in [3.8, 4) is 0 Å². The predicted octanol–water partition coefficient (Wildman–Crippen LogP) is 0.674. The molecule has 1 aliphatic heterocycles. The van der Waals surface area contributed by atoms with Gasteiger partial charge in [-0.3, -0.25) is 4.90 Å². The first-order valence-corrected chi connectivity index (χ1v) is 6.17. The van der Waals surface area contributed by atoms with Gasteiger partial charge in [0, 0.05) is 39.8 Å². The number of nitrogens with zero attached hydrogens (tertiary/aromatic N) is 2. The number of likely N-dealkylation sites (N-methyl/N-ethyl adjacent to an activating group) is 1. The molecule has 1 atom stereocenters. The number of piperazine rings is 1. The normalized spacial score (nSPS) is 21.6. The van der Waals surface area contributed by atoms with E-state index >= 15 is 0 Å². The van der Waals surface area contributed by atoms with Gasteiger partial charge in [-0.15, -0.1) is 0 Å². The lowest BCUT2D eigenvalue weighted by atomic mass is 10.2. The van der Waals surface area contributed by atoms with Crippen molar-refractivity contribution >= 4 is 0 Å². The van der Waals surface area contributed by atoms with Gasteiger partial charge in [-0.1, -0.05) is 0 Å². The molecule has 0 spiro atoms. The molecule has 0 aromatic carbocycles. The van der Waals surface area contributed by atoms with Crippen molar-refractivity contribution in [1.29, 1.82) is 0 Å². The van der Waals surface area contributed by atoms with Gasteiger partial charge in [-0.2, -0.15) is 0 Å². The Hall–Kier alpha value is -0.160. The Morgan fingerprint density at radius 3 is 2.25 bits per heavy atom. The fourth-order valence-corrected chi connectivity index (χ4v) is 1.81. The van der Waals surface area contributed by atoms with Gasteiger partial charge in [0.1, 0.15) is 0 Å². The number of hydrogen-bond donors (Lipinski definition) is 0. The largest absolute Gasteiger partial charge is 0.378 e. The maximum atomic E-state index is 5.60. The second kappa shape index (κ2) is 7.22. The molecule has 0 aliphatic carbocycles. The van der Waals surface area contributed by atoms with E-state index in [2.05, 4.69) is 30.7 Å². The molecule has 1 rings (SSSR count). The van der Waals surface area contributed by atoms with Crippen LogP contribution < -0.4 is 0 Å². The molecule has 1 fully saturated rings. The highest BCUT2D eigenvalue weighted by molar-refractivity contribution is 4.72. The molecule has 0 aromatic rings. The van der Waals surface area contributed by atoms with Gasteiger partial charge in [-0.25, -0.2) is 0 Å². The van der Waals surface area contributed by atoms with Crippen LogP contribution in [0, 0.1) is 0 Å². The monoisotopic (exact) mass is 230 g/mol. The average Bonchev–Trinajstić information content (AvgIpc) is 2.26. The summed E-state index contributed by atoms with van der Waals surface area (Å²) in [5, 5.41) is 0. The molecule has 1 heterocycles. The van der Waals surface area contributed by atoms with E-state index in [0.29, 0.717) is 6.61 Å². The molecule has 0 radical (unpaired) electrons. The second-order valence-electron chi connectivity index (χ2n) is 4.84. The standard InChI is InChI=1S/C12H26N2O2/c1-11(2)16-10-12(15-4)9-14-7-5-13(3)6-8-14/h11-12H,5-10H2,1-4H3. The van der Waals surface area contributed by atoms with Crippen LogP contribution in [-0.2, 0) is 9.47 Å². The molecule has 4 nitrogen and oxygen atoms in total. The summed E-state index contributed by atoms with van der Waals surface area (Å²) in [4.78, 5) is 4.82. The zero-order chi connectivity index (χ0) is 12.0. The molecule has 0 amide bonds. The van der Waals surface area contributed by atoms with E-state index in [1.54, 1.807) is 7.11 Å². The van der Waals surface area contributed by atoms with Crippen LogP contribution in [0.2, 0.25) is 0 Å². The fourth-order valence-electron chi connectivity index (χ4n) is 1.81. The van der Waals surface area contributed by atoms with Gasteiger partial charge < -0.3 is 14.4 Å². The van der Waals surface area contributed by atoms with Crippen molar-refractivity contribution in [2.45, 2.75) is 26.1 Å². The molecule has 0 bridgehead atoms. The third kappa shape index (κ3) is 5.25.